The Kier molecular flexibility index (Phi) is 3.48. The topological polar surface area (TPSA) is 55.1 Å². The van der Waals surface area contributed by atoms with Crippen LogP contribution in [-0.4, -0.2) is 18.5 Å². The predicted molar refractivity (Wildman–Crippen MR) is 68.9 cm³/mol. The molecule has 0 aromatic heterocycles. The maximum Gasteiger partial charge on any atom is 0.251 e. The first-order valence-corrected chi connectivity index (χ1v) is 6.19. The van der Waals surface area contributed by atoms with E-state index in [0.29, 0.717) is 12.5 Å². The molecule has 1 atom stereocenters. The molecule has 17 heavy (non-hydrogen) atoms. The van der Waals surface area contributed by atoms with Crippen LogP contribution >= 0.6 is 0 Å². The first-order valence-electron chi connectivity index (χ1n) is 6.19. The molecule has 0 aliphatic heterocycles. The van der Waals surface area contributed by atoms with E-state index >= 15 is 0 Å². The summed E-state index contributed by atoms with van der Waals surface area (Å²) in [5.41, 5.74) is 8.83. The van der Waals surface area contributed by atoms with Gasteiger partial charge in [-0.05, 0) is 44.2 Å². The predicted octanol–water partition coefficient (Wildman–Crippen LogP) is 1.77. The third-order valence-electron chi connectivity index (χ3n) is 3.36. The summed E-state index contributed by atoms with van der Waals surface area (Å²) < 4.78 is 0. The van der Waals surface area contributed by atoms with E-state index in [1.54, 1.807) is 0 Å². The molecule has 0 radical (unpaired) electrons. The second-order valence-corrected chi connectivity index (χ2v) is 5.03. The molecule has 0 spiro atoms. The highest BCUT2D eigenvalue weighted by molar-refractivity contribution is 5.95. The fourth-order valence-corrected chi connectivity index (χ4v) is 1.98. The van der Waals surface area contributed by atoms with Gasteiger partial charge in [0.15, 0.2) is 0 Å². The summed E-state index contributed by atoms with van der Waals surface area (Å²) in [5.74, 6) is 0.608. The minimum absolute atomic E-state index is 0.0118. The van der Waals surface area contributed by atoms with Crippen molar-refractivity contribution in [1.82, 2.24) is 5.32 Å². The van der Waals surface area contributed by atoms with Gasteiger partial charge in [-0.25, -0.2) is 0 Å². The number of benzene rings is 1. The summed E-state index contributed by atoms with van der Waals surface area (Å²) in [7, 11) is 0. The smallest absolute Gasteiger partial charge is 0.251 e. The molecule has 92 valence electrons. The van der Waals surface area contributed by atoms with Crippen molar-refractivity contribution in [3.05, 3.63) is 34.9 Å². The summed E-state index contributed by atoms with van der Waals surface area (Å²) in [4.78, 5) is 12.0. The van der Waals surface area contributed by atoms with Crippen LogP contribution in [0.25, 0.3) is 0 Å². The average Bonchev–Trinajstić information content (AvgIpc) is 3.12. The lowest BCUT2D eigenvalue weighted by molar-refractivity contribution is 0.0949. The van der Waals surface area contributed by atoms with Crippen LogP contribution < -0.4 is 11.1 Å². The zero-order chi connectivity index (χ0) is 12.4. The third kappa shape index (κ3) is 3.07. The number of nitrogens with one attached hydrogen (secondary N) is 1. The van der Waals surface area contributed by atoms with Gasteiger partial charge in [0.1, 0.15) is 0 Å². The van der Waals surface area contributed by atoms with Crippen LogP contribution in [-0.2, 0) is 0 Å². The van der Waals surface area contributed by atoms with Gasteiger partial charge in [0.2, 0.25) is 0 Å². The minimum atomic E-state index is -0.0118. The van der Waals surface area contributed by atoms with Gasteiger partial charge in [0.05, 0.1) is 0 Å². The van der Waals surface area contributed by atoms with Crippen molar-refractivity contribution in [2.75, 3.05) is 6.54 Å². The van der Waals surface area contributed by atoms with Gasteiger partial charge in [-0.15, -0.1) is 0 Å². The number of aryl methyl sites for hydroxylation is 2. The molecule has 0 bridgehead atoms. The van der Waals surface area contributed by atoms with Gasteiger partial charge >= 0.3 is 0 Å². The van der Waals surface area contributed by atoms with E-state index in [2.05, 4.69) is 5.32 Å². The molecule has 1 aliphatic rings. The SMILES string of the molecule is Cc1ccc(C)c(C(=O)NCC(N)C2CC2)c1. The molecule has 1 unspecified atom stereocenters. The minimum Gasteiger partial charge on any atom is -0.350 e. The molecule has 2 rings (SSSR count). The maximum absolute atomic E-state index is 12.0. The zero-order valence-corrected chi connectivity index (χ0v) is 10.5. The molecule has 1 amide bonds. The lowest BCUT2D eigenvalue weighted by Crippen LogP contribution is -2.38. The molecular formula is C14H20N2O. The number of hydrogen-bond acceptors (Lipinski definition) is 2. The van der Waals surface area contributed by atoms with E-state index < -0.39 is 0 Å². The van der Waals surface area contributed by atoms with Crippen LogP contribution in [0.4, 0.5) is 0 Å². The van der Waals surface area contributed by atoms with Gasteiger partial charge in [-0.2, -0.15) is 0 Å². The largest absolute Gasteiger partial charge is 0.350 e. The lowest BCUT2D eigenvalue weighted by Gasteiger charge is -2.13. The molecule has 3 nitrogen and oxygen atoms in total. The maximum atomic E-state index is 12.0. The standard InChI is InChI=1S/C14H20N2O/c1-9-3-4-10(2)12(7-9)14(17)16-8-13(15)11-5-6-11/h3-4,7,11,13H,5-6,8,15H2,1-2H3,(H,16,17). The van der Waals surface area contributed by atoms with Crippen molar-refractivity contribution in [3.63, 3.8) is 0 Å². The van der Waals surface area contributed by atoms with E-state index in [4.69, 9.17) is 5.73 Å². The van der Waals surface area contributed by atoms with E-state index in [1.807, 2.05) is 32.0 Å². The van der Waals surface area contributed by atoms with Gasteiger partial charge < -0.3 is 11.1 Å². The van der Waals surface area contributed by atoms with Gasteiger partial charge in [-0.1, -0.05) is 17.7 Å². The molecule has 1 fully saturated rings. The molecule has 1 aromatic rings. The Morgan fingerprint density at radius 1 is 1.47 bits per heavy atom. The average molecular weight is 232 g/mol. The first kappa shape index (κ1) is 12.1. The van der Waals surface area contributed by atoms with Crippen LogP contribution in [0.15, 0.2) is 18.2 Å². The van der Waals surface area contributed by atoms with Crippen LogP contribution in [0.2, 0.25) is 0 Å². The van der Waals surface area contributed by atoms with Gasteiger partial charge in [0.25, 0.3) is 5.91 Å². The van der Waals surface area contributed by atoms with Crippen LogP contribution in [0.3, 0.4) is 0 Å². The van der Waals surface area contributed by atoms with Crippen LogP contribution in [0.5, 0.6) is 0 Å². The quantitative estimate of drug-likeness (QED) is 0.831. The Balaban J connectivity index is 1.96. The van der Waals surface area contributed by atoms with E-state index in [-0.39, 0.29) is 11.9 Å². The van der Waals surface area contributed by atoms with Crippen molar-refractivity contribution in [2.45, 2.75) is 32.7 Å². The summed E-state index contributed by atoms with van der Waals surface area (Å²) in [6.45, 7) is 4.53. The number of amides is 1. The molecular weight excluding hydrogens is 212 g/mol. The Bertz CT molecular complexity index is 424. The highest BCUT2D eigenvalue weighted by atomic mass is 16.1. The lowest BCUT2D eigenvalue weighted by atomic mass is 10.0. The Hall–Kier alpha value is -1.35. The van der Waals surface area contributed by atoms with E-state index in [1.165, 1.54) is 12.8 Å². The second kappa shape index (κ2) is 4.88. The number of nitrogens with two attached hydrogens (primary N) is 1. The molecule has 3 N–H and O–H groups in total. The van der Waals surface area contributed by atoms with Crippen molar-refractivity contribution in [1.29, 1.82) is 0 Å². The molecule has 1 aromatic carbocycles. The molecule has 1 aliphatic carbocycles. The summed E-state index contributed by atoms with van der Waals surface area (Å²) >= 11 is 0. The normalized spacial score (nSPS) is 16.6. The monoisotopic (exact) mass is 232 g/mol. The summed E-state index contributed by atoms with van der Waals surface area (Å²) in [6, 6.07) is 6.03. The zero-order valence-electron chi connectivity index (χ0n) is 10.5. The molecule has 1 saturated carbocycles. The van der Waals surface area contributed by atoms with Crippen LogP contribution in [0, 0.1) is 19.8 Å². The molecule has 0 saturated heterocycles. The highest BCUT2D eigenvalue weighted by Crippen LogP contribution is 2.31. The molecule has 3 heteroatoms. The first-order chi connectivity index (χ1) is 8.08. The number of carbonyl (C=O) groups is 1. The molecule has 0 heterocycles. The van der Waals surface area contributed by atoms with E-state index in [9.17, 15) is 4.79 Å². The van der Waals surface area contributed by atoms with Crippen molar-refractivity contribution >= 4 is 5.91 Å². The van der Waals surface area contributed by atoms with Gasteiger partial charge in [0, 0.05) is 18.2 Å². The summed E-state index contributed by atoms with van der Waals surface area (Å²) in [6.07, 6.45) is 2.42. The highest BCUT2D eigenvalue weighted by Gasteiger charge is 2.28. The summed E-state index contributed by atoms with van der Waals surface area (Å²) in [5, 5.41) is 2.92. The third-order valence-corrected chi connectivity index (χ3v) is 3.36. The van der Waals surface area contributed by atoms with Gasteiger partial charge in [-0.3, -0.25) is 4.79 Å². The van der Waals surface area contributed by atoms with Crippen molar-refractivity contribution in [2.24, 2.45) is 11.7 Å². The number of carbonyl (C=O) groups excluding carboxylic acids is 1. The van der Waals surface area contributed by atoms with E-state index in [0.717, 1.165) is 16.7 Å². The fraction of sp³-hybridized carbons (Fsp3) is 0.500. The Morgan fingerprint density at radius 2 is 2.18 bits per heavy atom. The fourth-order valence-electron chi connectivity index (χ4n) is 1.98. The number of hydrogen-bond donors (Lipinski definition) is 2. The Labute approximate surface area is 102 Å². The van der Waals surface area contributed by atoms with Crippen molar-refractivity contribution < 1.29 is 4.79 Å². The second-order valence-electron chi connectivity index (χ2n) is 5.03. The Morgan fingerprint density at radius 3 is 2.82 bits per heavy atom. The van der Waals surface area contributed by atoms with Crippen LogP contribution in [0.1, 0.15) is 34.3 Å². The number of rotatable bonds is 4. The van der Waals surface area contributed by atoms with Crippen molar-refractivity contribution in [3.8, 4) is 0 Å².